The Balaban J connectivity index is 0.00000208. The fourth-order valence-electron chi connectivity index (χ4n) is 3.08. The Kier molecular flexibility index (Phi) is 6.29. The summed E-state index contributed by atoms with van der Waals surface area (Å²) in [7, 11) is 0. The summed E-state index contributed by atoms with van der Waals surface area (Å²) in [6.45, 7) is 1.86. The molecule has 0 bridgehead atoms. The minimum atomic E-state index is 0. The average Bonchev–Trinajstić information content (AvgIpc) is 2.55. The minimum Gasteiger partial charge on any atom is -0.328 e. The number of amides is 1. The number of aryl methyl sites for hydroxylation is 1. The van der Waals surface area contributed by atoms with Crippen molar-refractivity contribution in [2.45, 2.75) is 38.6 Å². The van der Waals surface area contributed by atoms with Crippen LogP contribution in [0.15, 0.2) is 36.5 Å². The summed E-state index contributed by atoms with van der Waals surface area (Å²) in [6, 6.07) is 9.77. The molecule has 2 aromatic rings. The Morgan fingerprint density at radius 2 is 2.12 bits per heavy atom. The first-order valence-electron chi connectivity index (χ1n) is 8.08. The fourth-order valence-corrected chi connectivity index (χ4v) is 3.08. The number of nitrogens with two attached hydrogens (primary N) is 1. The third-order valence-corrected chi connectivity index (χ3v) is 4.29. The molecular formula is C18H23ClN4O. The molecule has 1 fully saturated rings. The van der Waals surface area contributed by atoms with Crippen LogP contribution in [0.4, 0.5) is 5.69 Å². The summed E-state index contributed by atoms with van der Waals surface area (Å²) in [5.74, 6) is 0.813. The van der Waals surface area contributed by atoms with Crippen molar-refractivity contribution in [2.24, 2.45) is 11.7 Å². The molecule has 0 aliphatic heterocycles. The number of nitrogens with zero attached hydrogens (tertiary/aromatic N) is 2. The average molecular weight is 347 g/mol. The Labute approximate surface area is 148 Å². The molecule has 1 aromatic heterocycles. The third-order valence-electron chi connectivity index (χ3n) is 4.29. The highest BCUT2D eigenvalue weighted by molar-refractivity contribution is 5.93. The van der Waals surface area contributed by atoms with Gasteiger partial charge in [-0.05, 0) is 44.4 Å². The van der Waals surface area contributed by atoms with Gasteiger partial charge in [-0.2, -0.15) is 0 Å². The number of aromatic nitrogens is 2. The molecule has 128 valence electrons. The van der Waals surface area contributed by atoms with Crippen LogP contribution in [-0.2, 0) is 4.79 Å². The van der Waals surface area contributed by atoms with Crippen molar-refractivity contribution < 1.29 is 4.79 Å². The van der Waals surface area contributed by atoms with Gasteiger partial charge in [0.05, 0.1) is 5.69 Å². The number of carbonyl (C=O) groups excluding carboxylic acids is 1. The Hall–Kier alpha value is -1.98. The van der Waals surface area contributed by atoms with Gasteiger partial charge in [-0.15, -0.1) is 12.4 Å². The molecule has 3 rings (SSSR count). The van der Waals surface area contributed by atoms with Gasteiger partial charge in [0.15, 0.2) is 0 Å². The van der Waals surface area contributed by atoms with E-state index in [2.05, 4.69) is 15.3 Å². The van der Waals surface area contributed by atoms with Gasteiger partial charge >= 0.3 is 0 Å². The molecule has 5 nitrogen and oxygen atoms in total. The van der Waals surface area contributed by atoms with Crippen molar-refractivity contribution in [1.82, 2.24) is 9.97 Å². The van der Waals surface area contributed by atoms with Crippen LogP contribution < -0.4 is 11.1 Å². The molecule has 1 aliphatic carbocycles. The number of hydrogen-bond donors (Lipinski definition) is 2. The van der Waals surface area contributed by atoms with Gasteiger partial charge in [0.1, 0.15) is 5.82 Å². The van der Waals surface area contributed by atoms with E-state index in [-0.39, 0.29) is 30.3 Å². The topological polar surface area (TPSA) is 80.9 Å². The van der Waals surface area contributed by atoms with Crippen LogP contribution in [0.5, 0.6) is 0 Å². The van der Waals surface area contributed by atoms with Crippen molar-refractivity contribution in [3.05, 3.63) is 42.4 Å². The van der Waals surface area contributed by atoms with Gasteiger partial charge in [-0.3, -0.25) is 4.79 Å². The summed E-state index contributed by atoms with van der Waals surface area (Å²) in [4.78, 5) is 21.0. The lowest BCUT2D eigenvalue weighted by atomic mass is 9.85. The number of rotatable bonds is 3. The van der Waals surface area contributed by atoms with Gasteiger partial charge in [0.2, 0.25) is 5.91 Å². The Morgan fingerprint density at radius 3 is 2.88 bits per heavy atom. The van der Waals surface area contributed by atoms with Crippen LogP contribution in [0, 0.1) is 12.8 Å². The van der Waals surface area contributed by atoms with Gasteiger partial charge in [0, 0.05) is 29.4 Å². The molecule has 2 atom stereocenters. The molecule has 0 radical (unpaired) electrons. The van der Waals surface area contributed by atoms with Gasteiger partial charge in [-0.25, -0.2) is 9.97 Å². The molecule has 6 heteroatoms. The summed E-state index contributed by atoms with van der Waals surface area (Å²) in [5.41, 5.74) is 8.59. The van der Waals surface area contributed by atoms with E-state index < -0.39 is 0 Å². The second-order valence-corrected chi connectivity index (χ2v) is 6.18. The van der Waals surface area contributed by atoms with E-state index >= 15 is 0 Å². The van der Waals surface area contributed by atoms with Crippen LogP contribution in [-0.4, -0.2) is 21.9 Å². The predicted octanol–water partition coefficient (Wildman–Crippen LogP) is 3.33. The molecule has 0 saturated heterocycles. The summed E-state index contributed by atoms with van der Waals surface area (Å²) in [6.07, 6.45) is 5.49. The van der Waals surface area contributed by atoms with Crippen LogP contribution in [0.3, 0.4) is 0 Å². The second-order valence-electron chi connectivity index (χ2n) is 6.18. The highest BCUT2D eigenvalue weighted by Gasteiger charge is 2.25. The smallest absolute Gasteiger partial charge is 0.227 e. The molecule has 2 unspecified atom stereocenters. The highest BCUT2D eigenvalue weighted by atomic mass is 35.5. The zero-order valence-corrected chi connectivity index (χ0v) is 14.6. The summed E-state index contributed by atoms with van der Waals surface area (Å²) in [5, 5.41) is 3.02. The number of halogens is 1. The highest BCUT2D eigenvalue weighted by Crippen LogP contribution is 2.26. The first kappa shape index (κ1) is 18.4. The predicted molar refractivity (Wildman–Crippen MR) is 98.0 cm³/mol. The van der Waals surface area contributed by atoms with Crippen molar-refractivity contribution in [3.63, 3.8) is 0 Å². The molecule has 0 spiro atoms. The van der Waals surface area contributed by atoms with Crippen molar-refractivity contribution in [1.29, 1.82) is 0 Å². The van der Waals surface area contributed by atoms with Crippen LogP contribution in [0.2, 0.25) is 0 Å². The molecular weight excluding hydrogens is 324 g/mol. The third kappa shape index (κ3) is 4.52. The number of benzene rings is 1. The summed E-state index contributed by atoms with van der Waals surface area (Å²) >= 11 is 0. The minimum absolute atomic E-state index is 0. The van der Waals surface area contributed by atoms with E-state index in [1.54, 1.807) is 6.20 Å². The summed E-state index contributed by atoms with van der Waals surface area (Å²) < 4.78 is 0. The van der Waals surface area contributed by atoms with E-state index in [1.165, 1.54) is 0 Å². The van der Waals surface area contributed by atoms with E-state index in [0.717, 1.165) is 48.5 Å². The number of anilines is 1. The molecule has 1 aliphatic rings. The molecule has 1 amide bonds. The quantitative estimate of drug-likeness (QED) is 0.893. The zero-order valence-electron chi connectivity index (χ0n) is 13.7. The molecule has 3 N–H and O–H groups in total. The lowest BCUT2D eigenvalue weighted by Crippen LogP contribution is -2.34. The normalized spacial score (nSPS) is 20.1. The standard InChI is InChI=1S/C18H22N4O.ClH/c1-12-20-9-8-17(21-12)13-4-3-7-16(11-13)22-18(23)14-5-2-6-15(19)10-14;/h3-4,7-9,11,14-15H,2,5-6,10,19H2,1H3,(H,22,23);1H. The lowest BCUT2D eigenvalue weighted by molar-refractivity contribution is -0.120. The maximum atomic E-state index is 12.4. The number of hydrogen-bond acceptors (Lipinski definition) is 4. The van der Waals surface area contributed by atoms with E-state index in [0.29, 0.717) is 0 Å². The maximum absolute atomic E-state index is 12.4. The van der Waals surface area contributed by atoms with Crippen molar-refractivity contribution in [2.75, 3.05) is 5.32 Å². The Bertz CT molecular complexity index is 707. The molecule has 1 saturated carbocycles. The lowest BCUT2D eigenvalue weighted by Gasteiger charge is -2.25. The van der Waals surface area contributed by atoms with Gasteiger partial charge in [0.25, 0.3) is 0 Å². The monoisotopic (exact) mass is 346 g/mol. The van der Waals surface area contributed by atoms with E-state index in [4.69, 9.17) is 5.73 Å². The molecule has 1 heterocycles. The van der Waals surface area contributed by atoms with E-state index in [1.807, 2.05) is 37.3 Å². The largest absolute Gasteiger partial charge is 0.328 e. The van der Waals surface area contributed by atoms with Crippen LogP contribution in [0.1, 0.15) is 31.5 Å². The van der Waals surface area contributed by atoms with Crippen molar-refractivity contribution in [3.8, 4) is 11.3 Å². The van der Waals surface area contributed by atoms with Crippen molar-refractivity contribution >= 4 is 24.0 Å². The number of nitrogens with one attached hydrogen (secondary N) is 1. The molecule has 1 aromatic carbocycles. The first-order chi connectivity index (χ1) is 11.1. The van der Waals surface area contributed by atoms with Gasteiger partial charge < -0.3 is 11.1 Å². The molecule has 24 heavy (non-hydrogen) atoms. The fraction of sp³-hybridized carbons (Fsp3) is 0.389. The maximum Gasteiger partial charge on any atom is 0.227 e. The number of carbonyl (C=O) groups is 1. The van der Waals surface area contributed by atoms with E-state index in [9.17, 15) is 4.79 Å². The SMILES string of the molecule is Cc1nccc(-c2cccc(NC(=O)C3CCCC(N)C3)c2)n1.Cl. The second kappa shape index (κ2) is 8.22. The Morgan fingerprint density at radius 1 is 1.29 bits per heavy atom. The van der Waals surface area contributed by atoms with Gasteiger partial charge in [-0.1, -0.05) is 18.6 Å². The van der Waals surface area contributed by atoms with Crippen LogP contribution >= 0.6 is 12.4 Å². The van der Waals surface area contributed by atoms with Crippen LogP contribution in [0.25, 0.3) is 11.3 Å². The first-order valence-corrected chi connectivity index (χ1v) is 8.08. The zero-order chi connectivity index (χ0) is 16.2.